The number of rotatable bonds is 19. The van der Waals surface area contributed by atoms with E-state index in [1.54, 1.807) is 48.4 Å². The van der Waals surface area contributed by atoms with Crippen LogP contribution in [0.15, 0.2) is 36.4 Å². The molecule has 6 aliphatic heterocycles. The monoisotopic (exact) mass is 1290 g/mol. The standard InChI is InChI=1S/2C25H40N2O4.C24H38N2O4/c2*1-15(2)23(26)24(28)31-20-12-19-18-11-22(30-7)21(29-6)10-16(18)8-9-27(19)14-17(20)13-25(3,4)5;1-14(2)9-17-13-26-8-7-16-10-21(28-5)22(29-6)11-18(16)19(26)12-20(17)30-24(27)23(25)15(3)4/h2*10-11,15,17,19-20,23H,8-9,12-14,26H2,1-7H3;10-11,14-15,17,19-20,23H,7-9,12-13,25H2,1-6H3/t3*17-,19-,20+,23+/m111/s1/i6D3;;1D3,9D2,14D/t2m;14?,17-,19-,20+,23+. The zero-order valence-corrected chi connectivity index (χ0v) is 58.5. The van der Waals surface area contributed by atoms with E-state index < -0.39 is 62.3 Å². The highest BCUT2D eigenvalue weighted by Crippen LogP contribution is 2.49. The smallest absolute Gasteiger partial charge is 0.323 e. The quantitative estimate of drug-likeness (QED) is 0.0750. The van der Waals surface area contributed by atoms with Crippen LogP contribution in [0.4, 0.5) is 0 Å². The van der Waals surface area contributed by atoms with Crippen molar-refractivity contribution in [2.45, 2.75) is 209 Å². The largest absolute Gasteiger partial charge is 0.493 e. The predicted molar refractivity (Wildman–Crippen MR) is 363 cm³/mol. The predicted octanol–water partition coefficient (Wildman–Crippen LogP) is 11.5. The number of esters is 3. The van der Waals surface area contributed by atoms with Crippen LogP contribution >= 0.6 is 0 Å². The van der Waals surface area contributed by atoms with Gasteiger partial charge in [-0.25, -0.2) is 0 Å². The lowest BCUT2D eigenvalue weighted by Crippen LogP contribution is -2.51. The summed E-state index contributed by atoms with van der Waals surface area (Å²) in [6, 6.07) is 9.61. The van der Waals surface area contributed by atoms with Gasteiger partial charge in [0.25, 0.3) is 0 Å². The first-order valence-electron chi connectivity index (χ1n) is 37.8. The van der Waals surface area contributed by atoms with Crippen molar-refractivity contribution in [1.29, 1.82) is 0 Å². The molecule has 13 atom stereocenters. The number of carbonyl (C=O) groups excluding carboxylic acids is 3. The average molecular weight is 1290 g/mol. The molecule has 92 heavy (non-hydrogen) atoms. The van der Waals surface area contributed by atoms with Gasteiger partial charge in [-0.15, -0.1) is 0 Å². The molecule has 6 N–H and O–H groups in total. The summed E-state index contributed by atoms with van der Waals surface area (Å²) >= 11 is 0. The normalized spacial score (nSPS) is 27.4. The summed E-state index contributed by atoms with van der Waals surface area (Å²) in [7, 11) is 5.42. The molecule has 0 spiro atoms. The Morgan fingerprint density at radius 3 is 1.04 bits per heavy atom. The number of methoxy groups -OCH3 is 6. The van der Waals surface area contributed by atoms with Crippen molar-refractivity contribution in [2.24, 2.45) is 69.4 Å². The number of nitrogens with zero attached hydrogens (tertiary/aromatic N) is 3. The number of carbonyl (C=O) groups is 3. The Morgan fingerprint density at radius 1 is 0.489 bits per heavy atom. The van der Waals surface area contributed by atoms with E-state index in [0.717, 1.165) is 99.0 Å². The van der Waals surface area contributed by atoms with Crippen LogP contribution in [0.1, 0.15) is 199 Å². The fourth-order valence-electron chi connectivity index (χ4n) is 14.4. The van der Waals surface area contributed by atoms with Crippen LogP contribution in [0.3, 0.4) is 0 Å². The molecule has 0 radical (unpaired) electrons. The first kappa shape index (κ1) is 61.5. The van der Waals surface area contributed by atoms with Gasteiger partial charge in [0.2, 0.25) is 0 Å². The van der Waals surface area contributed by atoms with Crippen molar-refractivity contribution in [3.63, 3.8) is 0 Å². The number of hydrogen-bond acceptors (Lipinski definition) is 18. The van der Waals surface area contributed by atoms with E-state index in [-0.39, 0.29) is 95.5 Å². The maximum atomic E-state index is 12.9. The minimum atomic E-state index is -2.88. The Bertz CT molecular complexity index is 3320. The van der Waals surface area contributed by atoms with E-state index in [1.807, 2.05) is 45.9 Å². The summed E-state index contributed by atoms with van der Waals surface area (Å²) in [4.78, 5) is 45.5. The fraction of sp³-hybridized carbons (Fsp3) is 0.716. The number of ether oxygens (including phenoxy) is 9. The molecule has 18 nitrogen and oxygen atoms in total. The van der Waals surface area contributed by atoms with Crippen LogP contribution in [0.2, 0.25) is 0 Å². The zero-order valence-electron chi connectivity index (χ0n) is 67.5. The lowest BCUT2D eigenvalue weighted by Gasteiger charge is -2.48. The van der Waals surface area contributed by atoms with E-state index in [1.165, 1.54) is 18.2 Å². The highest BCUT2D eigenvalue weighted by atomic mass is 16.6. The summed E-state index contributed by atoms with van der Waals surface area (Å²) in [5.41, 5.74) is 25.2. The molecule has 3 aromatic carbocycles. The van der Waals surface area contributed by atoms with Crippen LogP contribution in [-0.2, 0) is 47.9 Å². The maximum Gasteiger partial charge on any atom is 0.323 e. The van der Waals surface area contributed by atoms with E-state index in [9.17, 15) is 14.4 Å². The Hall–Kier alpha value is -5.37. The van der Waals surface area contributed by atoms with Crippen molar-refractivity contribution in [2.75, 3.05) is 81.9 Å². The Balaban J connectivity index is 0.000000213. The van der Waals surface area contributed by atoms with Gasteiger partial charge in [-0.05, 0) is 143 Å². The minimum Gasteiger partial charge on any atom is -0.493 e. The summed E-state index contributed by atoms with van der Waals surface area (Å²) in [5, 5.41) is 0. The average Bonchev–Trinajstić information content (AvgIpc) is 0.714. The van der Waals surface area contributed by atoms with Gasteiger partial charge in [0.1, 0.15) is 36.4 Å². The maximum absolute atomic E-state index is 12.9. The third-order valence-corrected chi connectivity index (χ3v) is 19.4. The molecule has 0 saturated carbocycles. The summed E-state index contributed by atoms with van der Waals surface area (Å²) in [5.74, 6) is -1.07. The van der Waals surface area contributed by atoms with Crippen molar-refractivity contribution in [3.05, 3.63) is 69.8 Å². The molecule has 6 aliphatic rings. The fourth-order valence-corrected chi connectivity index (χ4v) is 14.4. The second kappa shape index (κ2) is 31.9. The third kappa shape index (κ3) is 18.3. The lowest BCUT2D eigenvalue weighted by molar-refractivity contribution is -0.161. The number of hydrogen-bond donors (Lipinski definition) is 3. The third-order valence-electron chi connectivity index (χ3n) is 19.4. The van der Waals surface area contributed by atoms with Crippen LogP contribution in [0.5, 0.6) is 34.5 Å². The molecule has 1 unspecified atom stereocenters. The Labute approximate surface area is 564 Å². The van der Waals surface area contributed by atoms with Crippen LogP contribution < -0.4 is 45.6 Å². The second-order valence-corrected chi connectivity index (χ2v) is 29.8. The molecule has 516 valence electrons. The molecule has 3 fully saturated rings. The Morgan fingerprint density at radius 2 is 0.772 bits per heavy atom. The zero-order chi connectivity index (χ0) is 75.6. The number of piperidine rings is 3. The van der Waals surface area contributed by atoms with Crippen LogP contribution in [-0.4, -0.2) is 151 Å². The molecular formula is C74H118N6O12. The minimum absolute atomic E-state index is 0.00460. The first-order valence-corrected chi connectivity index (χ1v) is 33.3. The van der Waals surface area contributed by atoms with Crippen molar-refractivity contribution >= 4 is 17.9 Å². The molecule has 9 rings (SSSR count). The van der Waals surface area contributed by atoms with E-state index in [2.05, 4.69) is 68.4 Å². The van der Waals surface area contributed by atoms with Crippen LogP contribution in [0.25, 0.3) is 0 Å². The molecule has 6 heterocycles. The van der Waals surface area contributed by atoms with Gasteiger partial charge in [-0.2, -0.15) is 0 Å². The molecule has 0 bridgehead atoms. The van der Waals surface area contributed by atoms with Gasteiger partial charge in [0, 0.05) is 103 Å². The lowest BCUT2D eigenvalue weighted by atomic mass is 9.75. The number of nitrogens with two attached hydrogens (primary N) is 3. The van der Waals surface area contributed by atoms with Crippen molar-refractivity contribution < 1.29 is 69.4 Å². The highest BCUT2D eigenvalue weighted by molar-refractivity contribution is 5.77. The SMILES string of the molecule is COc1cc2c(cc1OC)[C@H]1C[C@H](OC(=O)[C@@H](N)C(C)C)[C@H](CC(C)(C)C)CN1CC2.[2H]C([2H])([2H])C([2H])(C)C([2H])([2H])[C@@H]1CN2CCc3cc(OC)c(OC)cc3[C@H]2C[C@@H]1OC(=O)[C@@H](N)C(C)C.[2H]C([2H])([2H])Oc1cc2c(cc1OC)[C@H]1C[C@H](OC(=O)[C@@H](N)C(C)C)[C@H](CC(C)(C)C)CN1CC2. The molecule has 18 heteroatoms. The van der Waals surface area contributed by atoms with Crippen molar-refractivity contribution in [3.8, 4) is 34.5 Å². The highest BCUT2D eigenvalue weighted by Gasteiger charge is 2.46. The molecule has 3 saturated heterocycles. The van der Waals surface area contributed by atoms with Gasteiger partial charge < -0.3 is 59.8 Å². The Kier molecular flexibility index (Phi) is 21.3. The second-order valence-electron chi connectivity index (χ2n) is 29.8. The number of benzene rings is 3. The molecule has 0 amide bonds. The molecule has 0 aliphatic carbocycles. The molecule has 0 aromatic heterocycles. The topological polar surface area (TPSA) is 222 Å². The number of fused-ring (bicyclic) bond motifs is 9. The first-order chi connectivity index (χ1) is 46.8. The van der Waals surface area contributed by atoms with Crippen LogP contribution in [0, 0.1) is 52.2 Å². The van der Waals surface area contributed by atoms with Crippen molar-refractivity contribution in [1.82, 2.24) is 14.7 Å². The molecular weight excluding hydrogens is 1160 g/mol. The van der Waals surface area contributed by atoms with Gasteiger partial charge in [0.15, 0.2) is 34.5 Å². The summed E-state index contributed by atoms with van der Waals surface area (Å²) < 4.78 is 123. The van der Waals surface area contributed by atoms with Gasteiger partial charge in [-0.1, -0.05) is 96.9 Å². The van der Waals surface area contributed by atoms with Gasteiger partial charge in [-0.3, -0.25) is 29.1 Å². The van der Waals surface area contributed by atoms with Gasteiger partial charge >= 0.3 is 17.9 Å². The van der Waals surface area contributed by atoms with E-state index in [0.29, 0.717) is 42.6 Å². The van der Waals surface area contributed by atoms with Gasteiger partial charge in [0.05, 0.1) is 46.7 Å². The van der Waals surface area contributed by atoms with E-state index in [4.69, 9.17) is 72.2 Å². The summed E-state index contributed by atoms with van der Waals surface area (Å²) in [6.07, 6.45) is 2.23. The summed E-state index contributed by atoms with van der Waals surface area (Å²) in [6.45, 7) is 27.3. The molecule has 3 aromatic rings. The van der Waals surface area contributed by atoms with E-state index >= 15 is 0 Å².